The summed E-state index contributed by atoms with van der Waals surface area (Å²) >= 11 is 0. The molecule has 1 saturated heterocycles. The maximum Gasteiger partial charge on any atom is 0.331 e. The second-order valence-corrected chi connectivity index (χ2v) is 6.40. The molecule has 1 heterocycles. The van der Waals surface area contributed by atoms with Crippen molar-refractivity contribution in [1.82, 2.24) is 0 Å². The van der Waals surface area contributed by atoms with Gasteiger partial charge in [0, 0.05) is 6.08 Å². The van der Waals surface area contributed by atoms with E-state index in [1.54, 1.807) is 12.1 Å². The van der Waals surface area contributed by atoms with Gasteiger partial charge in [0.2, 0.25) is 0 Å². The van der Waals surface area contributed by atoms with Crippen LogP contribution >= 0.6 is 0 Å². The van der Waals surface area contributed by atoms with Gasteiger partial charge in [-0.25, -0.2) is 4.79 Å². The molecule has 0 aliphatic carbocycles. The third kappa shape index (κ3) is 6.64. The predicted octanol–water partition coefficient (Wildman–Crippen LogP) is -0.785. The monoisotopic (exact) mass is 421 g/mol. The summed E-state index contributed by atoms with van der Waals surface area (Å²) in [6.45, 7) is -1.11. The third-order valence-electron chi connectivity index (χ3n) is 4.26. The van der Waals surface area contributed by atoms with Crippen molar-refractivity contribution in [2.75, 3.05) is 19.8 Å². The SMILES string of the molecule is N#C/C(=C\CO[C@@H]1O[C@H](CO)[C@@H](O)[C@H](O)[C@H]1O)COC(=O)/C=C\c1ccc(O)cc1. The highest BCUT2D eigenvalue weighted by molar-refractivity contribution is 5.87. The van der Waals surface area contributed by atoms with Crippen molar-refractivity contribution >= 4 is 12.0 Å². The molecule has 0 radical (unpaired) electrons. The molecule has 10 nitrogen and oxygen atoms in total. The van der Waals surface area contributed by atoms with E-state index < -0.39 is 43.3 Å². The standard InChI is InChI=1S/C20H23NO9/c21-9-13(11-29-16(24)6-3-12-1-4-14(23)5-2-12)7-8-28-20-19(27)18(26)17(25)15(10-22)30-20/h1-7,15,17-20,22-23,25-27H,8,10-11H2/b6-3-,13-7+/t15-,17-,18+,19-,20-/m1/s1. The van der Waals surface area contributed by atoms with Crippen LogP contribution in [0.2, 0.25) is 0 Å². The molecule has 5 atom stereocenters. The van der Waals surface area contributed by atoms with E-state index in [0.717, 1.165) is 0 Å². The number of hydrogen-bond acceptors (Lipinski definition) is 10. The number of aliphatic hydroxyl groups excluding tert-OH is 4. The van der Waals surface area contributed by atoms with Crippen LogP contribution in [0.5, 0.6) is 5.75 Å². The fourth-order valence-corrected chi connectivity index (χ4v) is 2.53. The second kappa shape index (κ2) is 11.4. The third-order valence-corrected chi connectivity index (χ3v) is 4.26. The van der Waals surface area contributed by atoms with Crippen LogP contribution in [-0.4, -0.2) is 82.0 Å². The van der Waals surface area contributed by atoms with Crippen LogP contribution in [0.1, 0.15) is 5.56 Å². The molecular formula is C20H23NO9. The highest BCUT2D eigenvalue weighted by Gasteiger charge is 2.43. The molecule has 2 rings (SSSR count). The topological polar surface area (TPSA) is 170 Å². The molecular weight excluding hydrogens is 398 g/mol. The Kier molecular flexibility index (Phi) is 8.94. The van der Waals surface area contributed by atoms with Crippen molar-refractivity contribution in [3.05, 3.63) is 47.6 Å². The Morgan fingerprint density at radius 2 is 1.87 bits per heavy atom. The minimum atomic E-state index is -1.57. The molecule has 0 aromatic heterocycles. The number of hydrogen-bond donors (Lipinski definition) is 5. The van der Waals surface area contributed by atoms with E-state index >= 15 is 0 Å². The number of benzene rings is 1. The first-order valence-corrected chi connectivity index (χ1v) is 9.00. The van der Waals surface area contributed by atoms with E-state index in [1.165, 1.54) is 30.4 Å². The van der Waals surface area contributed by atoms with Gasteiger partial charge in [-0.3, -0.25) is 0 Å². The van der Waals surface area contributed by atoms with Crippen molar-refractivity contribution in [1.29, 1.82) is 5.26 Å². The summed E-state index contributed by atoms with van der Waals surface area (Å²) in [5, 5.41) is 56.7. The van der Waals surface area contributed by atoms with Gasteiger partial charge in [0.15, 0.2) is 6.29 Å². The maximum atomic E-state index is 11.7. The smallest absolute Gasteiger partial charge is 0.331 e. The summed E-state index contributed by atoms with van der Waals surface area (Å²) in [4.78, 5) is 11.7. The molecule has 1 aliphatic rings. The van der Waals surface area contributed by atoms with Crippen molar-refractivity contribution in [2.24, 2.45) is 0 Å². The van der Waals surface area contributed by atoms with Gasteiger partial charge in [-0.15, -0.1) is 0 Å². The average Bonchev–Trinajstić information content (AvgIpc) is 2.75. The van der Waals surface area contributed by atoms with Crippen LogP contribution in [0.4, 0.5) is 0 Å². The maximum absolute atomic E-state index is 11.7. The zero-order valence-electron chi connectivity index (χ0n) is 15.9. The van der Waals surface area contributed by atoms with Gasteiger partial charge < -0.3 is 39.7 Å². The van der Waals surface area contributed by atoms with Crippen LogP contribution in [-0.2, 0) is 19.0 Å². The van der Waals surface area contributed by atoms with Crippen molar-refractivity contribution in [3.63, 3.8) is 0 Å². The number of nitrogens with zero attached hydrogens (tertiary/aromatic N) is 1. The first-order chi connectivity index (χ1) is 14.3. The minimum Gasteiger partial charge on any atom is -0.508 e. The van der Waals surface area contributed by atoms with Crippen LogP contribution < -0.4 is 0 Å². The zero-order valence-corrected chi connectivity index (χ0v) is 15.9. The Hall–Kier alpha value is -2.78. The van der Waals surface area contributed by atoms with E-state index in [9.17, 15) is 25.2 Å². The molecule has 5 N–H and O–H groups in total. The number of phenolic OH excluding ortho intramolecular Hbond substituents is 1. The van der Waals surface area contributed by atoms with E-state index in [-0.39, 0.29) is 24.5 Å². The summed E-state index contributed by atoms with van der Waals surface area (Å²) in [5.41, 5.74) is 0.750. The van der Waals surface area contributed by atoms with E-state index in [2.05, 4.69) is 0 Å². The Balaban J connectivity index is 1.82. The molecule has 0 spiro atoms. The summed E-state index contributed by atoms with van der Waals surface area (Å²) in [6, 6.07) is 7.99. The lowest BCUT2D eigenvalue weighted by molar-refractivity contribution is -0.298. The molecule has 1 fully saturated rings. The number of aromatic hydroxyl groups is 1. The van der Waals surface area contributed by atoms with E-state index in [1.807, 2.05) is 6.07 Å². The lowest BCUT2D eigenvalue weighted by Crippen LogP contribution is -2.59. The summed E-state index contributed by atoms with van der Waals surface area (Å²) in [5.74, 6) is -0.580. The summed E-state index contributed by atoms with van der Waals surface area (Å²) < 4.78 is 15.4. The quantitative estimate of drug-likeness (QED) is 0.204. The molecule has 30 heavy (non-hydrogen) atoms. The van der Waals surface area contributed by atoms with Gasteiger partial charge in [0.05, 0.1) is 24.9 Å². The van der Waals surface area contributed by atoms with Crippen molar-refractivity contribution < 1.29 is 44.5 Å². The zero-order chi connectivity index (χ0) is 22.1. The molecule has 1 aromatic carbocycles. The first kappa shape index (κ1) is 23.5. The Bertz CT molecular complexity index is 797. The number of phenols is 1. The highest BCUT2D eigenvalue weighted by atomic mass is 16.7. The molecule has 0 unspecified atom stereocenters. The van der Waals surface area contributed by atoms with Crippen molar-refractivity contribution in [3.8, 4) is 11.8 Å². The van der Waals surface area contributed by atoms with Crippen LogP contribution in [0.25, 0.3) is 6.08 Å². The fraction of sp³-hybridized carbons (Fsp3) is 0.400. The van der Waals surface area contributed by atoms with Gasteiger partial charge in [-0.05, 0) is 29.8 Å². The fourth-order valence-electron chi connectivity index (χ4n) is 2.53. The molecule has 0 amide bonds. The lowest BCUT2D eigenvalue weighted by atomic mass is 9.99. The normalized spacial score (nSPS) is 27.0. The molecule has 0 bridgehead atoms. The minimum absolute atomic E-state index is 0.0750. The summed E-state index contributed by atoms with van der Waals surface area (Å²) in [7, 11) is 0. The first-order valence-electron chi connectivity index (χ1n) is 9.00. The molecule has 162 valence electrons. The van der Waals surface area contributed by atoms with Gasteiger partial charge in [-0.1, -0.05) is 12.1 Å². The number of carbonyl (C=O) groups is 1. The van der Waals surface area contributed by atoms with E-state index in [0.29, 0.717) is 5.56 Å². The number of esters is 1. The Labute approximate surface area is 172 Å². The lowest BCUT2D eigenvalue weighted by Gasteiger charge is -2.39. The molecule has 0 saturated carbocycles. The Morgan fingerprint density at radius 3 is 2.50 bits per heavy atom. The molecule has 10 heteroatoms. The van der Waals surface area contributed by atoms with Crippen molar-refractivity contribution in [2.45, 2.75) is 30.7 Å². The van der Waals surface area contributed by atoms with Gasteiger partial charge >= 0.3 is 5.97 Å². The van der Waals surface area contributed by atoms with Crippen LogP contribution in [0, 0.1) is 11.3 Å². The van der Waals surface area contributed by atoms with Crippen LogP contribution in [0.15, 0.2) is 42.0 Å². The number of rotatable bonds is 8. The number of carbonyl (C=O) groups excluding carboxylic acids is 1. The number of ether oxygens (including phenoxy) is 3. The van der Waals surface area contributed by atoms with Crippen LogP contribution in [0.3, 0.4) is 0 Å². The molecule has 1 aromatic rings. The van der Waals surface area contributed by atoms with Gasteiger partial charge in [0.25, 0.3) is 0 Å². The second-order valence-electron chi connectivity index (χ2n) is 6.40. The summed E-state index contributed by atoms with van der Waals surface area (Å²) in [6.07, 6.45) is -3.08. The highest BCUT2D eigenvalue weighted by Crippen LogP contribution is 2.22. The average molecular weight is 421 g/mol. The number of aliphatic hydroxyl groups is 4. The Morgan fingerprint density at radius 1 is 1.17 bits per heavy atom. The van der Waals surface area contributed by atoms with E-state index in [4.69, 9.17) is 24.6 Å². The van der Waals surface area contributed by atoms with Gasteiger partial charge in [-0.2, -0.15) is 5.26 Å². The van der Waals surface area contributed by atoms with Gasteiger partial charge in [0.1, 0.15) is 36.8 Å². The molecule has 1 aliphatic heterocycles. The number of nitriles is 1. The largest absolute Gasteiger partial charge is 0.508 e. The predicted molar refractivity (Wildman–Crippen MR) is 102 cm³/mol.